The summed E-state index contributed by atoms with van der Waals surface area (Å²) in [7, 11) is 0. The third-order valence-electron chi connectivity index (χ3n) is 3.35. The highest BCUT2D eigenvalue weighted by Gasteiger charge is 2.16. The Labute approximate surface area is 153 Å². The van der Waals surface area contributed by atoms with E-state index < -0.39 is 42.0 Å². The molecule has 0 aliphatic rings. The van der Waals surface area contributed by atoms with Crippen LogP contribution in [0.5, 0.6) is 5.75 Å². The number of hydrogen-bond acceptors (Lipinski definition) is 4. The third kappa shape index (κ3) is 6.07. The van der Waals surface area contributed by atoms with Crippen LogP contribution in [0.1, 0.15) is 17.3 Å². The standard InChI is InChI=1S/C18H17F2N3O4/c1-11(27-13-8-6-12(19)7-9-13)17(25)23-22-16(24)10-21-18(26)14-4-2-3-5-15(14)20/h2-9,11H,10H2,1H3,(H,21,26)(H,22,24)(H,23,25)/t11-/m0/s1. The highest BCUT2D eigenvalue weighted by Crippen LogP contribution is 2.12. The van der Waals surface area contributed by atoms with Crippen LogP contribution in [-0.4, -0.2) is 30.4 Å². The Kier molecular flexibility index (Phi) is 6.81. The zero-order valence-electron chi connectivity index (χ0n) is 14.3. The van der Waals surface area contributed by atoms with Gasteiger partial charge in [0.2, 0.25) is 0 Å². The SMILES string of the molecule is C[C@H](Oc1ccc(F)cc1)C(=O)NNC(=O)CNC(=O)c1ccccc1F. The molecule has 7 nitrogen and oxygen atoms in total. The van der Waals surface area contributed by atoms with Crippen molar-refractivity contribution in [3.05, 3.63) is 65.7 Å². The van der Waals surface area contributed by atoms with Crippen molar-refractivity contribution in [3.63, 3.8) is 0 Å². The normalized spacial score (nSPS) is 11.2. The van der Waals surface area contributed by atoms with Gasteiger partial charge in [0.25, 0.3) is 17.7 Å². The lowest BCUT2D eigenvalue weighted by Gasteiger charge is -2.15. The van der Waals surface area contributed by atoms with Crippen molar-refractivity contribution in [1.82, 2.24) is 16.2 Å². The van der Waals surface area contributed by atoms with Gasteiger partial charge in [0.1, 0.15) is 17.4 Å². The zero-order chi connectivity index (χ0) is 19.8. The molecule has 0 radical (unpaired) electrons. The summed E-state index contributed by atoms with van der Waals surface area (Å²) < 4.78 is 31.6. The van der Waals surface area contributed by atoms with Gasteiger partial charge in [-0.2, -0.15) is 0 Å². The number of hydrazine groups is 1. The fraction of sp³-hybridized carbons (Fsp3) is 0.167. The number of amides is 3. The Morgan fingerprint density at radius 1 is 1.00 bits per heavy atom. The number of benzene rings is 2. The van der Waals surface area contributed by atoms with Crippen LogP contribution in [0.3, 0.4) is 0 Å². The lowest BCUT2D eigenvalue weighted by atomic mass is 10.2. The average molecular weight is 377 g/mol. The number of carbonyl (C=O) groups is 3. The van der Waals surface area contributed by atoms with Crippen LogP contribution < -0.4 is 20.9 Å². The minimum absolute atomic E-state index is 0.198. The molecule has 1 atom stereocenters. The number of rotatable bonds is 6. The molecule has 0 spiro atoms. The van der Waals surface area contributed by atoms with E-state index in [1.54, 1.807) is 0 Å². The first-order chi connectivity index (χ1) is 12.9. The van der Waals surface area contributed by atoms with E-state index in [0.29, 0.717) is 0 Å². The van der Waals surface area contributed by atoms with Crippen molar-refractivity contribution in [2.45, 2.75) is 13.0 Å². The minimum atomic E-state index is -0.969. The van der Waals surface area contributed by atoms with Gasteiger partial charge in [0.15, 0.2) is 6.10 Å². The van der Waals surface area contributed by atoms with Crippen LogP contribution in [-0.2, 0) is 9.59 Å². The van der Waals surface area contributed by atoms with Crippen LogP contribution in [0.4, 0.5) is 8.78 Å². The Morgan fingerprint density at radius 2 is 1.67 bits per heavy atom. The van der Waals surface area contributed by atoms with Gasteiger partial charge in [-0.25, -0.2) is 8.78 Å². The molecule has 0 aliphatic carbocycles. The predicted molar refractivity (Wildman–Crippen MR) is 91.5 cm³/mol. The fourth-order valence-corrected chi connectivity index (χ4v) is 1.95. The summed E-state index contributed by atoms with van der Waals surface area (Å²) >= 11 is 0. The Hall–Kier alpha value is -3.49. The van der Waals surface area contributed by atoms with E-state index >= 15 is 0 Å². The molecule has 2 aromatic rings. The highest BCUT2D eigenvalue weighted by molar-refractivity contribution is 5.96. The van der Waals surface area contributed by atoms with Crippen molar-refractivity contribution in [2.24, 2.45) is 0 Å². The summed E-state index contributed by atoms with van der Waals surface area (Å²) in [6, 6.07) is 10.4. The van der Waals surface area contributed by atoms with E-state index in [1.807, 2.05) is 0 Å². The van der Waals surface area contributed by atoms with Crippen LogP contribution in [0.15, 0.2) is 48.5 Å². The summed E-state index contributed by atoms with van der Waals surface area (Å²) in [5, 5.41) is 2.23. The number of ether oxygens (including phenoxy) is 1. The zero-order valence-corrected chi connectivity index (χ0v) is 14.3. The molecule has 2 aromatic carbocycles. The van der Waals surface area contributed by atoms with Gasteiger partial charge in [-0.3, -0.25) is 25.2 Å². The molecule has 0 saturated heterocycles. The Bertz CT molecular complexity index is 828. The molecule has 142 valence electrons. The average Bonchev–Trinajstić information content (AvgIpc) is 2.66. The van der Waals surface area contributed by atoms with Gasteiger partial charge < -0.3 is 10.1 Å². The monoisotopic (exact) mass is 377 g/mol. The quantitative estimate of drug-likeness (QED) is 0.662. The highest BCUT2D eigenvalue weighted by atomic mass is 19.1. The van der Waals surface area contributed by atoms with Crippen LogP contribution >= 0.6 is 0 Å². The molecule has 27 heavy (non-hydrogen) atoms. The van der Waals surface area contributed by atoms with Crippen molar-refractivity contribution in [1.29, 1.82) is 0 Å². The van der Waals surface area contributed by atoms with Crippen molar-refractivity contribution in [3.8, 4) is 5.75 Å². The molecule has 3 N–H and O–H groups in total. The van der Waals surface area contributed by atoms with Crippen molar-refractivity contribution in [2.75, 3.05) is 6.54 Å². The first-order valence-electron chi connectivity index (χ1n) is 7.90. The van der Waals surface area contributed by atoms with Crippen LogP contribution in [0, 0.1) is 11.6 Å². The van der Waals surface area contributed by atoms with E-state index in [-0.39, 0.29) is 11.3 Å². The minimum Gasteiger partial charge on any atom is -0.481 e. The molecule has 0 saturated carbocycles. The smallest absolute Gasteiger partial charge is 0.279 e. The van der Waals surface area contributed by atoms with Crippen LogP contribution in [0.2, 0.25) is 0 Å². The lowest BCUT2D eigenvalue weighted by Crippen LogP contribution is -2.50. The maximum atomic E-state index is 13.5. The van der Waals surface area contributed by atoms with Crippen LogP contribution in [0.25, 0.3) is 0 Å². The first-order valence-corrected chi connectivity index (χ1v) is 7.90. The van der Waals surface area contributed by atoms with E-state index in [2.05, 4.69) is 16.2 Å². The molecule has 3 amide bonds. The lowest BCUT2D eigenvalue weighted by molar-refractivity contribution is -0.132. The van der Waals surface area contributed by atoms with Gasteiger partial charge >= 0.3 is 0 Å². The second kappa shape index (κ2) is 9.27. The second-order valence-corrected chi connectivity index (χ2v) is 5.41. The van der Waals surface area contributed by atoms with Gasteiger partial charge in [-0.05, 0) is 43.3 Å². The molecule has 2 rings (SSSR count). The fourth-order valence-electron chi connectivity index (χ4n) is 1.95. The van der Waals surface area contributed by atoms with Crippen molar-refractivity contribution < 1.29 is 27.9 Å². The van der Waals surface area contributed by atoms with Gasteiger partial charge in [0, 0.05) is 0 Å². The molecule has 0 fully saturated rings. The second-order valence-electron chi connectivity index (χ2n) is 5.41. The topological polar surface area (TPSA) is 96.5 Å². The number of halogens is 2. The summed E-state index contributed by atoms with van der Waals surface area (Å²) in [6.45, 7) is 0.964. The number of carbonyl (C=O) groups excluding carboxylic acids is 3. The van der Waals surface area contributed by atoms with E-state index in [0.717, 1.165) is 6.07 Å². The van der Waals surface area contributed by atoms with Crippen molar-refractivity contribution >= 4 is 17.7 Å². The number of hydrogen-bond donors (Lipinski definition) is 3. The Morgan fingerprint density at radius 3 is 2.33 bits per heavy atom. The largest absolute Gasteiger partial charge is 0.481 e. The molecule has 0 aromatic heterocycles. The maximum absolute atomic E-state index is 13.5. The molecular weight excluding hydrogens is 360 g/mol. The van der Waals surface area contributed by atoms with Gasteiger partial charge in [-0.1, -0.05) is 12.1 Å². The number of nitrogens with one attached hydrogen (secondary N) is 3. The van der Waals surface area contributed by atoms with Gasteiger partial charge in [0.05, 0.1) is 12.1 Å². The summed E-state index contributed by atoms with van der Waals surface area (Å²) in [5.41, 5.74) is 4.02. The molecule has 0 aliphatic heterocycles. The summed E-state index contributed by atoms with van der Waals surface area (Å²) in [5.74, 6) is -3.01. The molecule has 0 unspecified atom stereocenters. The third-order valence-corrected chi connectivity index (χ3v) is 3.35. The maximum Gasteiger partial charge on any atom is 0.279 e. The summed E-state index contributed by atoms with van der Waals surface area (Å²) in [4.78, 5) is 35.3. The Balaban J connectivity index is 1.74. The van der Waals surface area contributed by atoms with E-state index in [1.165, 1.54) is 49.4 Å². The molecule has 0 heterocycles. The van der Waals surface area contributed by atoms with E-state index in [9.17, 15) is 23.2 Å². The predicted octanol–water partition coefficient (Wildman–Crippen LogP) is 1.31. The van der Waals surface area contributed by atoms with E-state index in [4.69, 9.17) is 4.74 Å². The summed E-state index contributed by atoms with van der Waals surface area (Å²) in [6.07, 6.45) is -0.969. The van der Waals surface area contributed by atoms with Gasteiger partial charge in [-0.15, -0.1) is 0 Å². The molecule has 0 bridgehead atoms. The molecule has 9 heteroatoms. The molecular formula is C18H17F2N3O4. The first kappa shape index (κ1) is 19.8.